The van der Waals surface area contributed by atoms with Gasteiger partial charge in [-0.1, -0.05) is 36.4 Å². The molecule has 0 aliphatic carbocycles. The molecule has 0 spiro atoms. The fourth-order valence-corrected chi connectivity index (χ4v) is 3.34. The third-order valence-corrected chi connectivity index (χ3v) is 4.43. The summed E-state index contributed by atoms with van der Waals surface area (Å²) in [5, 5.41) is 0.772. The maximum absolute atomic E-state index is 13.6. The van der Waals surface area contributed by atoms with Gasteiger partial charge in [0.2, 0.25) is 0 Å². The zero-order valence-corrected chi connectivity index (χ0v) is 13.2. The van der Waals surface area contributed by atoms with Gasteiger partial charge in [-0.05, 0) is 25.1 Å². The fourth-order valence-electron chi connectivity index (χ4n) is 2.26. The van der Waals surface area contributed by atoms with Gasteiger partial charge in [-0.25, -0.2) is 9.37 Å². The lowest BCUT2D eigenvalue weighted by Gasteiger charge is -2.10. The van der Waals surface area contributed by atoms with E-state index in [-0.39, 0.29) is 11.3 Å². The number of nitrogens with zero attached hydrogens (tertiary/aromatic N) is 1. The van der Waals surface area contributed by atoms with Crippen molar-refractivity contribution in [3.63, 3.8) is 0 Å². The Morgan fingerprint density at radius 2 is 1.83 bits per heavy atom. The molecule has 0 amide bonds. The molecule has 0 radical (unpaired) electrons. The van der Waals surface area contributed by atoms with E-state index in [1.165, 1.54) is 24.3 Å². The number of rotatable bonds is 4. The van der Waals surface area contributed by atoms with Crippen LogP contribution in [0.5, 0.6) is 5.75 Å². The second-order valence-corrected chi connectivity index (χ2v) is 6.73. The van der Waals surface area contributed by atoms with Gasteiger partial charge in [0.05, 0.1) is 0 Å². The van der Waals surface area contributed by atoms with Crippen molar-refractivity contribution in [2.24, 2.45) is 0 Å². The summed E-state index contributed by atoms with van der Waals surface area (Å²) in [5.74, 6) is -0.976. The monoisotopic (exact) mass is 331 g/mol. The third-order valence-electron chi connectivity index (χ3n) is 3.33. The quantitative estimate of drug-likeness (QED) is 0.686. The molecular weight excluding hydrogens is 317 g/mol. The lowest BCUT2D eigenvalue weighted by Crippen LogP contribution is -2.13. The van der Waals surface area contributed by atoms with E-state index < -0.39 is 21.7 Å². The minimum atomic E-state index is -3.99. The topological polar surface area (TPSA) is 56.3 Å². The first-order valence-electron chi connectivity index (χ1n) is 6.96. The zero-order chi connectivity index (χ0) is 16.4. The normalized spacial score (nSPS) is 11.6. The van der Waals surface area contributed by atoms with E-state index in [4.69, 9.17) is 4.18 Å². The molecule has 0 fully saturated rings. The minimum absolute atomic E-state index is 0.0666. The Morgan fingerprint density at radius 3 is 2.61 bits per heavy atom. The second kappa shape index (κ2) is 5.96. The predicted molar refractivity (Wildman–Crippen MR) is 86.1 cm³/mol. The van der Waals surface area contributed by atoms with E-state index in [9.17, 15) is 12.8 Å². The van der Waals surface area contributed by atoms with Crippen LogP contribution in [0.4, 0.5) is 4.39 Å². The van der Waals surface area contributed by atoms with Crippen molar-refractivity contribution >= 4 is 21.0 Å². The van der Waals surface area contributed by atoms with Crippen LogP contribution in [0.3, 0.4) is 0 Å². The summed E-state index contributed by atoms with van der Waals surface area (Å²) >= 11 is 0. The van der Waals surface area contributed by atoms with Gasteiger partial charge in [-0.3, -0.25) is 0 Å². The molecule has 23 heavy (non-hydrogen) atoms. The van der Waals surface area contributed by atoms with Gasteiger partial charge < -0.3 is 4.18 Å². The fraction of sp³-hybridized carbons (Fsp3) is 0.118. The van der Waals surface area contributed by atoms with Crippen LogP contribution in [0.15, 0.2) is 54.6 Å². The summed E-state index contributed by atoms with van der Waals surface area (Å²) in [7, 11) is -3.99. The molecule has 0 unspecified atom stereocenters. The largest absolute Gasteiger partial charge is 0.380 e. The Kier molecular flexibility index (Phi) is 4.00. The molecular formula is C17H14FNO3S. The number of halogens is 1. The number of para-hydroxylation sites is 1. The van der Waals surface area contributed by atoms with Gasteiger partial charge in [0.1, 0.15) is 17.1 Å². The number of hydrogen-bond donors (Lipinski definition) is 0. The second-order valence-electron chi connectivity index (χ2n) is 5.16. The van der Waals surface area contributed by atoms with Crippen LogP contribution in [0.25, 0.3) is 10.9 Å². The van der Waals surface area contributed by atoms with Crippen molar-refractivity contribution in [2.45, 2.75) is 12.7 Å². The van der Waals surface area contributed by atoms with E-state index in [1.807, 2.05) is 25.1 Å². The Morgan fingerprint density at radius 1 is 1.04 bits per heavy atom. The van der Waals surface area contributed by atoms with Crippen molar-refractivity contribution < 1.29 is 17.0 Å². The van der Waals surface area contributed by atoms with Crippen LogP contribution in [-0.2, 0) is 15.9 Å². The van der Waals surface area contributed by atoms with Crippen molar-refractivity contribution in [2.75, 3.05) is 0 Å². The van der Waals surface area contributed by atoms with E-state index in [2.05, 4.69) is 4.98 Å². The maximum atomic E-state index is 13.6. The standard InChI is InChI=1S/C17H14FNO3S/c1-12-9-10-13-6-4-8-16(17(13)19-12)22-23(20,21)11-14-5-2-3-7-15(14)18/h2-10H,11H2,1H3. The highest BCUT2D eigenvalue weighted by Crippen LogP contribution is 2.26. The molecule has 3 aromatic rings. The number of aromatic nitrogens is 1. The first-order chi connectivity index (χ1) is 10.9. The summed E-state index contributed by atoms with van der Waals surface area (Å²) in [6.45, 7) is 1.81. The highest BCUT2D eigenvalue weighted by molar-refractivity contribution is 7.86. The van der Waals surface area contributed by atoms with Gasteiger partial charge in [0.15, 0.2) is 5.75 Å². The Bertz CT molecular complexity index is 970. The summed E-state index contributed by atoms with van der Waals surface area (Å²) in [6, 6.07) is 14.4. The van der Waals surface area contributed by atoms with E-state index in [0.29, 0.717) is 5.52 Å². The average molecular weight is 331 g/mol. The first kappa shape index (κ1) is 15.4. The number of benzene rings is 2. The lowest BCUT2D eigenvalue weighted by atomic mass is 10.2. The molecule has 0 N–H and O–H groups in total. The molecule has 0 bridgehead atoms. The molecule has 2 aromatic carbocycles. The SMILES string of the molecule is Cc1ccc2cccc(OS(=O)(=O)Cc3ccccc3F)c2n1. The summed E-state index contributed by atoms with van der Waals surface area (Å²) < 4.78 is 43.3. The van der Waals surface area contributed by atoms with Gasteiger partial charge >= 0.3 is 10.1 Å². The summed E-state index contributed by atoms with van der Waals surface area (Å²) in [6.07, 6.45) is 0. The highest BCUT2D eigenvalue weighted by Gasteiger charge is 2.18. The van der Waals surface area contributed by atoms with Crippen LogP contribution in [0, 0.1) is 12.7 Å². The first-order valence-corrected chi connectivity index (χ1v) is 8.54. The number of hydrogen-bond acceptors (Lipinski definition) is 4. The van der Waals surface area contributed by atoms with Crippen LogP contribution in [0.1, 0.15) is 11.3 Å². The van der Waals surface area contributed by atoms with Crippen molar-refractivity contribution in [1.29, 1.82) is 0 Å². The summed E-state index contributed by atoms with van der Waals surface area (Å²) in [5.41, 5.74) is 1.28. The number of aryl methyl sites for hydroxylation is 1. The summed E-state index contributed by atoms with van der Waals surface area (Å²) in [4.78, 5) is 4.32. The van der Waals surface area contributed by atoms with Crippen LogP contribution in [0.2, 0.25) is 0 Å². The molecule has 3 rings (SSSR count). The number of fused-ring (bicyclic) bond motifs is 1. The van der Waals surface area contributed by atoms with Crippen LogP contribution in [-0.4, -0.2) is 13.4 Å². The molecule has 0 atom stereocenters. The Labute approximate surface area is 133 Å². The number of pyridine rings is 1. The van der Waals surface area contributed by atoms with Crippen LogP contribution < -0.4 is 4.18 Å². The third kappa shape index (κ3) is 3.48. The van der Waals surface area contributed by atoms with Gasteiger partial charge in [0.25, 0.3) is 0 Å². The van der Waals surface area contributed by atoms with Gasteiger partial charge in [-0.15, -0.1) is 0 Å². The molecule has 0 aliphatic heterocycles. The van der Waals surface area contributed by atoms with E-state index >= 15 is 0 Å². The predicted octanol–water partition coefficient (Wildman–Crippen LogP) is 3.59. The molecule has 0 saturated heterocycles. The molecule has 6 heteroatoms. The Hall–Kier alpha value is -2.47. The van der Waals surface area contributed by atoms with Crippen LogP contribution >= 0.6 is 0 Å². The average Bonchev–Trinajstić information content (AvgIpc) is 2.50. The molecule has 1 aromatic heterocycles. The minimum Gasteiger partial charge on any atom is -0.380 e. The highest BCUT2D eigenvalue weighted by atomic mass is 32.2. The molecule has 118 valence electrons. The maximum Gasteiger partial charge on any atom is 0.313 e. The van der Waals surface area contributed by atoms with E-state index in [1.54, 1.807) is 12.1 Å². The molecule has 0 saturated carbocycles. The van der Waals surface area contributed by atoms with Gasteiger partial charge in [-0.2, -0.15) is 8.42 Å². The zero-order valence-electron chi connectivity index (χ0n) is 12.4. The molecule has 0 aliphatic rings. The smallest absolute Gasteiger partial charge is 0.313 e. The lowest BCUT2D eigenvalue weighted by molar-refractivity contribution is 0.485. The van der Waals surface area contributed by atoms with Crippen molar-refractivity contribution in [3.05, 3.63) is 71.7 Å². The molecule has 1 heterocycles. The van der Waals surface area contributed by atoms with E-state index in [0.717, 1.165) is 11.1 Å². The van der Waals surface area contributed by atoms with Crippen molar-refractivity contribution in [3.8, 4) is 5.75 Å². The van der Waals surface area contributed by atoms with Crippen molar-refractivity contribution in [1.82, 2.24) is 4.98 Å². The Balaban J connectivity index is 1.95. The van der Waals surface area contributed by atoms with Gasteiger partial charge in [0, 0.05) is 16.6 Å². The molecule has 4 nitrogen and oxygen atoms in total.